The van der Waals surface area contributed by atoms with E-state index in [1.54, 1.807) is 0 Å². The van der Waals surface area contributed by atoms with Crippen LogP contribution in [0, 0.1) is 5.92 Å². The summed E-state index contributed by atoms with van der Waals surface area (Å²) in [6, 6.07) is 0. The molecule has 0 aromatic heterocycles. The van der Waals surface area contributed by atoms with Gasteiger partial charge < -0.3 is 9.90 Å². The molecule has 2 nitrogen and oxygen atoms in total. The molecule has 0 aromatic carbocycles. The number of aliphatic carboxylic acids is 1. The summed E-state index contributed by atoms with van der Waals surface area (Å²) in [5.74, 6) is -0.980. The maximum absolute atomic E-state index is 9.87. The van der Waals surface area contributed by atoms with Crippen molar-refractivity contribution in [2.24, 2.45) is 5.92 Å². The molecule has 0 N–H and O–H groups in total. The second-order valence-corrected chi connectivity index (χ2v) is 1.95. The average Bonchev–Trinajstić information content (AvgIpc) is 1.23. The number of carboxylic acid groups (broad SMARTS) is 1. The number of carboxylic acids is 1. The molecule has 1 fully saturated rings. The zero-order chi connectivity index (χ0) is 5.28. The van der Waals surface area contributed by atoms with E-state index in [9.17, 15) is 9.90 Å². The number of carbonyl (C=O) groups is 1. The quantitative estimate of drug-likeness (QED) is 0.545. The van der Waals surface area contributed by atoms with Gasteiger partial charge in [-0.2, -0.15) is 0 Å². The van der Waals surface area contributed by atoms with Gasteiger partial charge in [-0.05, 0) is 18.8 Å². The molecule has 0 bridgehead atoms. The summed E-state index contributed by atoms with van der Waals surface area (Å²) < 4.78 is 0. The Morgan fingerprint density at radius 2 is 2.00 bits per heavy atom. The van der Waals surface area contributed by atoms with Crippen LogP contribution in [-0.2, 0) is 27.2 Å². The van der Waals surface area contributed by atoms with Crippen molar-refractivity contribution in [3.63, 3.8) is 0 Å². The molecule has 0 heterocycles. The Bertz CT molecular complexity index is 88.4. The van der Waals surface area contributed by atoms with Crippen LogP contribution >= 0.6 is 0 Å². The van der Waals surface area contributed by atoms with Crippen LogP contribution in [0.1, 0.15) is 19.3 Å². The molecular weight excluding hydrogens is 200 g/mol. The predicted molar refractivity (Wildman–Crippen MR) is 22.3 cm³/mol. The van der Waals surface area contributed by atoms with Gasteiger partial charge in [-0.15, -0.1) is 0 Å². The van der Waals surface area contributed by atoms with Crippen LogP contribution in [0.2, 0.25) is 0 Å². The molecule has 1 rings (SSSR count). The van der Waals surface area contributed by atoms with Gasteiger partial charge in [-0.25, -0.2) is 0 Å². The van der Waals surface area contributed by atoms with Crippen molar-refractivity contribution in [3.05, 3.63) is 0 Å². The third kappa shape index (κ3) is 1.62. The Labute approximate surface area is 63.8 Å². The van der Waals surface area contributed by atoms with E-state index in [4.69, 9.17) is 0 Å². The Morgan fingerprint density at radius 1 is 1.50 bits per heavy atom. The summed E-state index contributed by atoms with van der Waals surface area (Å²) in [5, 5.41) is 9.87. The van der Waals surface area contributed by atoms with Crippen molar-refractivity contribution in [2.45, 2.75) is 19.3 Å². The molecule has 0 saturated heterocycles. The topological polar surface area (TPSA) is 40.1 Å². The first-order valence-corrected chi connectivity index (χ1v) is 2.51. The number of hydrogen-bond acceptors (Lipinski definition) is 2. The van der Waals surface area contributed by atoms with Crippen LogP contribution in [0.15, 0.2) is 0 Å². The molecule has 0 unspecified atom stereocenters. The monoisotopic (exact) mass is 206 g/mol. The fourth-order valence-electron chi connectivity index (χ4n) is 0.644. The first kappa shape index (κ1) is 8.21. The van der Waals surface area contributed by atoms with Gasteiger partial charge in [0.05, 0.1) is 0 Å². The van der Waals surface area contributed by atoms with Crippen molar-refractivity contribution in [3.8, 4) is 0 Å². The molecule has 1 aliphatic rings. The second-order valence-electron chi connectivity index (χ2n) is 1.95. The fourth-order valence-corrected chi connectivity index (χ4v) is 0.644. The van der Waals surface area contributed by atoms with Gasteiger partial charge in [0, 0.05) is 5.97 Å². The number of carbonyl (C=O) groups excluding carboxylic acids is 1. The summed E-state index contributed by atoms with van der Waals surface area (Å²) in [7, 11) is 0. The number of hydrogen-bond donors (Lipinski definition) is 0. The van der Waals surface area contributed by atoms with Gasteiger partial charge in [0.25, 0.3) is 0 Å². The Morgan fingerprint density at radius 3 is 2.00 bits per heavy atom. The minimum atomic E-state index is -0.869. The average molecular weight is 207 g/mol. The largest absolute Gasteiger partial charge is 1.00 e. The third-order valence-electron chi connectivity index (χ3n) is 1.44. The standard InChI is InChI=1S/C5H8O2.Ag/c6-5(7)4-2-1-3-4;/h4H,1-3H2,(H,6,7);/q;+1/p-1. The van der Waals surface area contributed by atoms with Crippen molar-refractivity contribution < 1.29 is 32.3 Å². The molecule has 1 aliphatic carbocycles. The molecular formula is C5H7AgO2. The molecule has 3 heteroatoms. The molecule has 0 spiro atoms. The van der Waals surface area contributed by atoms with Crippen LogP contribution in [0.5, 0.6) is 0 Å². The van der Waals surface area contributed by atoms with Crippen LogP contribution < -0.4 is 5.11 Å². The van der Waals surface area contributed by atoms with Gasteiger partial charge in [-0.1, -0.05) is 6.42 Å². The van der Waals surface area contributed by atoms with Crippen molar-refractivity contribution in [1.82, 2.24) is 0 Å². The van der Waals surface area contributed by atoms with Gasteiger partial charge >= 0.3 is 22.4 Å². The van der Waals surface area contributed by atoms with Gasteiger partial charge in [0.1, 0.15) is 0 Å². The molecule has 0 atom stereocenters. The van der Waals surface area contributed by atoms with Crippen LogP contribution in [0.4, 0.5) is 0 Å². The Kier molecular flexibility index (Phi) is 3.36. The zero-order valence-corrected chi connectivity index (χ0v) is 5.80. The van der Waals surface area contributed by atoms with E-state index in [1.807, 2.05) is 0 Å². The minimum absolute atomic E-state index is 0. The maximum atomic E-state index is 9.87. The summed E-state index contributed by atoms with van der Waals surface area (Å²) in [6.07, 6.45) is 2.74. The van der Waals surface area contributed by atoms with Crippen LogP contribution in [0.3, 0.4) is 0 Å². The van der Waals surface area contributed by atoms with Gasteiger partial charge in [-0.3, -0.25) is 0 Å². The zero-order valence-electron chi connectivity index (χ0n) is 4.32. The van der Waals surface area contributed by atoms with Crippen molar-refractivity contribution in [1.29, 1.82) is 0 Å². The van der Waals surface area contributed by atoms with Gasteiger partial charge in [0.2, 0.25) is 0 Å². The second kappa shape index (κ2) is 3.28. The van der Waals surface area contributed by atoms with E-state index in [0.717, 1.165) is 19.3 Å². The summed E-state index contributed by atoms with van der Waals surface area (Å²) in [4.78, 5) is 9.87. The van der Waals surface area contributed by atoms with Gasteiger partial charge in [0.15, 0.2) is 0 Å². The van der Waals surface area contributed by atoms with E-state index in [1.165, 1.54) is 0 Å². The normalized spacial score (nSPS) is 18.5. The molecule has 8 heavy (non-hydrogen) atoms. The molecule has 50 valence electrons. The summed E-state index contributed by atoms with van der Waals surface area (Å²) in [6.45, 7) is 0. The van der Waals surface area contributed by atoms with E-state index in [0.29, 0.717) is 0 Å². The summed E-state index contributed by atoms with van der Waals surface area (Å²) >= 11 is 0. The van der Waals surface area contributed by atoms with E-state index in [-0.39, 0.29) is 28.3 Å². The predicted octanol–water partition coefficient (Wildman–Crippen LogP) is -0.466. The molecule has 0 aromatic rings. The SMILES string of the molecule is O=C([O-])C1CCC1.[Ag+]. The Hall–Kier alpha value is 0.210. The molecule has 0 amide bonds. The first-order valence-electron chi connectivity index (χ1n) is 2.51. The Balaban J connectivity index is 0.000000490. The summed E-state index contributed by atoms with van der Waals surface area (Å²) in [5.41, 5.74) is 0. The molecule has 1 saturated carbocycles. The molecule has 0 radical (unpaired) electrons. The fraction of sp³-hybridized carbons (Fsp3) is 0.800. The smallest absolute Gasteiger partial charge is 0.550 e. The molecule has 0 aliphatic heterocycles. The van der Waals surface area contributed by atoms with E-state index in [2.05, 4.69) is 0 Å². The van der Waals surface area contributed by atoms with E-state index < -0.39 is 5.97 Å². The third-order valence-corrected chi connectivity index (χ3v) is 1.44. The van der Waals surface area contributed by atoms with Crippen molar-refractivity contribution >= 4 is 5.97 Å². The van der Waals surface area contributed by atoms with Crippen LogP contribution in [0.25, 0.3) is 0 Å². The van der Waals surface area contributed by atoms with Crippen molar-refractivity contribution in [2.75, 3.05) is 0 Å². The number of rotatable bonds is 1. The maximum Gasteiger partial charge on any atom is 1.00 e. The minimum Gasteiger partial charge on any atom is -0.550 e. The first-order chi connectivity index (χ1) is 3.30. The van der Waals surface area contributed by atoms with Crippen LogP contribution in [-0.4, -0.2) is 5.97 Å². The van der Waals surface area contributed by atoms with E-state index >= 15 is 0 Å².